The van der Waals surface area contributed by atoms with Crippen molar-refractivity contribution in [1.82, 2.24) is 5.32 Å². The molecule has 2 N–H and O–H groups in total. The first-order valence-corrected chi connectivity index (χ1v) is 7.79. The smallest absolute Gasteiger partial charge is 0.238 e. The van der Waals surface area contributed by atoms with E-state index in [9.17, 15) is 4.79 Å². The summed E-state index contributed by atoms with van der Waals surface area (Å²) in [6.45, 7) is 0.412. The maximum atomic E-state index is 11.9. The number of fused-ring (bicyclic) bond motifs is 2. The van der Waals surface area contributed by atoms with Crippen molar-refractivity contribution >= 4 is 27.5 Å². The molecule has 2 saturated carbocycles. The minimum Gasteiger partial charge on any atom is -0.324 e. The lowest BCUT2D eigenvalue weighted by molar-refractivity contribution is -0.115. The van der Waals surface area contributed by atoms with Crippen molar-refractivity contribution < 1.29 is 4.79 Å². The Morgan fingerprint density at radius 3 is 2.79 bits per heavy atom. The Hall–Kier alpha value is -0.870. The molecular weight excluding hydrogens is 304 g/mol. The fourth-order valence-electron chi connectivity index (χ4n) is 3.48. The molecule has 3 atom stereocenters. The third kappa shape index (κ3) is 3.00. The standard InChI is InChI=1S/C15H19BrN2O/c16-12-3-1-2-4-13(12)18-15(19)9-17-14-8-10-5-6-11(14)7-10/h1-4,10-11,14,17H,5-9H2,(H,18,19). The second-order valence-electron chi connectivity index (χ2n) is 5.69. The predicted octanol–water partition coefficient (Wildman–Crippen LogP) is 3.17. The molecule has 3 rings (SSSR count). The second-order valence-corrected chi connectivity index (χ2v) is 6.54. The first kappa shape index (κ1) is 13.1. The van der Waals surface area contributed by atoms with Crippen LogP contribution < -0.4 is 10.6 Å². The maximum absolute atomic E-state index is 11.9. The summed E-state index contributed by atoms with van der Waals surface area (Å²) in [4.78, 5) is 11.9. The molecule has 0 aliphatic heterocycles. The van der Waals surface area contributed by atoms with Crippen LogP contribution in [-0.2, 0) is 4.79 Å². The number of hydrogen-bond acceptors (Lipinski definition) is 2. The Kier molecular flexibility index (Phi) is 3.89. The highest BCUT2D eigenvalue weighted by Crippen LogP contribution is 2.44. The summed E-state index contributed by atoms with van der Waals surface area (Å²) >= 11 is 3.43. The summed E-state index contributed by atoms with van der Waals surface area (Å²) in [7, 11) is 0. The minimum atomic E-state index is 0.0367. The van der Waals surface area contributed by atoms with Gasteiger partial charge in [0.05, 0.1) is 12.2 Å². The number of nitrogens with one attached hydrogen (secondary N) is 2. The van der Waals surface area contributed by atoms with E-state index in [2.05, 4.69) is 26.6 Å². The normalized spacial score (nSPS) is 28.6. The van der Waals surface area contributed by atoms with Crippen molar-refractivity contribution in [1.29, 1.82) is 0 Å². The van der Waals surface area contributed by atoms with Crippen molar-refractivity contribution in [2.75, 3.05) is 11.9 Å². The molecule has 0 radical (unpaired) electrons. The molecule has 1 amide bonds. The summed E-state index contributed by atoms with van der Waals surface area (Å²) in [5.41, 5.74) is 0.835. The highest BCUT2D eigenvalue weighted by molar-refractivity contribution is 9.10. The SMILES string of the molecule is O=C(CNC1CC2CCC1C2)Nc1ccccc1Br. The lowest BCUT2D eigenvalue weighted by Crippen LogP contribution is -2.39. The Morgan fingerprint density at radius 2 is 2.11 bits per heavy atom. The van der Waals surface area contributed by atoms with Crippen LogP contribution >= 0.6 is 15.9 Å². The number of hydrogen-bond donors (Lipinski definition) is 2. The first-order chi connectivity index (χ1) is 9.22. The highest BCUT2D eigenvalue weighted by atomic mass is 79.9. The van der Waals surface area contributed by atoms with Gasteiger partial charge in [0.1, 0.15) is 0 Å². The lowest BCUT2D eigenvalue weighted by Gasteiger charge is -2.22. The maximum Gasteiger partial charge on any atom is 0.238 e. The zero-order chi connectivity index (χ0) is 13.2. The first-order valence-electron chi connectivity index (χ1n) is 7.00. The quantitative estimate of drug-likeness (QED) is 0.894. The Balaban J connectivity index is 1.48. The Bertz CT molecular complexity index is 477. The predicted molar refractivity (Wildman–Crippen MR) is 80.0 cm³/mol. The highest BCUT2D eigenvalue weighted by Gasteiger charge is 2.39. The van der Waals surface area contributed by atoms with E-state index < -0.39 is 0 Å². The fourth-order valence-corrected chi connectivity index (χ4v) is 3.86. The van der Waals surface area contributed by atoms with E-state index in [0.717, 1.165) is 22.0 Å². The molecule has 2 bridgehead atoms. The number of anilines is 1. The van der Waals surface area contributed by atoms with E-state index in [-0.39, 0.29) is 5.91 Å². The van der Waals surface area contributed by atoms with E-state index in [0.29, 0.717) is 12.6 Å². The van der Waals surface area contributed by atoms with Crippen molar-refractivity contribution in [2.45, 2.75) is 31.7 Å². The molecule has 0 aromatic heterocycles. The number of para-hydroxylation sites is 1. The number of benzene rings is 1. The van der Waals surface area contributed by atoms with Crippen molar-refractivity contribution in [2.24, 2.45) is 11.8 Å². The van der Waals surface area contributed by atoms with Crippen LogP contribution in [0.2, 0.25) is 0 Å². The number of halogens is 1. The largest absolute Gasteiger partial charge is 0.324 e. The molecule has 0 heterocycles. The van der Waals surface area contributed by atoms with Crippen LogP contribution in [0, 0.1) is 11.8 Å². The summed E-state index contributed by atoms with van der Waals surface area (Å²) in [5, 5.41) is 6.36. The molecule has 4 heteroatoms. The number of carbonyl (C=O) groups is 1. The molecule has 102 valence electrons. The van der Waals surface area contributed by atoms with Gasteiger partial charge >= 0.3 is 0 Å². The Morgan fingerprint density at radius 1 is 1.26 bits per heavy atom. The molecule has 2 fully saturated rings. The van der Waals surface area contributed by atoms with Crippen molar-refractivity contribution in [3.63, 3.8) is 0 Å². The van der Waals surface area contributed by atoms with Gasteiger partial charge in [0.2, 0.25) is 5.91 Å². The minimum absolute atomic E-state index is 0.0367. The van der Waals surface area contributed by atoms with E-state index in [1.54, 1.807) is 0 Å². The fraction of sp³-hybridized carbons (Fsp3) is 0.533. The molecule has 19 heavy (non-hydrogen) atoms. The summed E-state index contributed by atoms with van der Waals surface area (Å²) in [5.74, 6) is 1.75. The van der Waals surface area contributed by atoms with Crippen LogP contribution in [0.1, 0.15) is 25.7 Å². The zero-order valence-corrected chi connectivity index (χ0v) is 12.4. The van der Waals surface area contributed by atoms with Gasteiger partial charge in [-0.2, -0.15) is 0 Å². The van der Waals surface area contributed by atoms with Crippen LogP contribution in [0.4, 0.5) is 5.69 Å². The van der Waals surface area contributed by atoms with Gasteiger partial charge in [-0.05, 0) is 59.2 Å². The van der Waals surface area contributed by atoms with Gasteiger partial charge in [-0.1, -0.05) is 18.6 Å². The molecule has 0 spiro atoms. The van der Waals surface area contributed by atoms with Crippen LogP contribution in [-0.4, -0.2) is 18.5 Å². The monoisotopic (exact) mass is 322 g/mol. The summed E-state index contributed by atoms with van der Waals surface area (Å²) in [6, 6.07) is 8.25. The van der Waals surface area contributed by atoms with Gasteiger partial charge in [-0.3, -0.25) is 4.79 Å². The molecular formula is C15H19BrN2O. The molecule has 2 aliphatic carbocycles. The van der Waals surface area contributed by atoms with Gasteiger partial charge in [-0.25, -0.2) is 0 Å². The van der Waals surface area contributed by atoms with Crippen LogP contribution in [0.25, 0.3) is 0 Å². The van der Waals surface area contributed by atoms with Gasteiger partial charge in [0, 0.05) is 10.5 Å². The van der Waals surface area contributed by atoms with E-state index in [1.165, 1.54) is 25.7 Å². The average Bonchev–Trinajstić information content (AvgIpc) is 3.01. The van der Waals surface area contributed by atoms with Crippen LogP contribution in [0.3, 0.4) is 0 Å². The van der Waals surface area contributed by atoms with Gasteiger partial charge in [-0.15, -0.1) is 0 Å². The number of rotatable bonds is 4. The zero-order valence-electron chi connectivity index (χ0n) is 10.9. The van der Waals surface area contributed by atoms with Gasteiger partial charge in [0.25, 0.3) is 0 Å². The molecule has 3 nitrogen and oxygen atoms in total. The third-order valence-corrected chi connectivity index (χ3v) is 5.10. The molecule has 2 aliphatic rings. The van der Waals surface area contributed by atoms with Crippen LogP contribution in [0.15, 0.2) is 28.7 Å². The Labute approximate surface area is 122 Å². The van der Waals surface area contributed by atoms with Crippen molar-refractivity contribution in [3.05, 3.63) is 28.7 Å². The summed E-state index contributed by atoms with van der Waals surface area (Å²) < 4.78 is 0.920. The molecule has 1 aromatic rings. The third-order valence-electron chi connectivity index (χ3n) is 4.41. The van der Waals surface area contributed by atoms with Crippen LogP contribution in [0.5, 0.6) is 0 Å². The average molecular weight is 323 g/mol. The van der Waals surface area contributed by atoms with Gasteiger partial charge in [0.15, 0.2) is 0 Å². The summed E-state index contributed by atoms with van der Waals surface area (Å²) in [6.07, 6.45) is 5.36. The van der Waals surface area contributed by atoms with Crippen molar-refractivity contribution in [3.8, 4) is 0 Å². The topological polar surface area (TPSA) is 41.1 Å². The number of carbonyl (C=O) groups excluding carboxylic acids is 1. The molecule has 3 unspecified atom stereocenters. The second kappa shape index (κ2) is 5.63. The molecule has 0 saturated heterocycles. The number of amides is 1. The van der Waals surface area contributed by atoms with E-state index >= 15 is 0 Å². The van der Waals surface area contributed by atoms with E-state index in [4.69, 9.17) is 0 Å². The van der Waals surface area contributed by atoms with E-state index in [1.807, 2.05) is 24.3 Å². The molecule has 1 aromatic carbocycles. The van der Waals surface area contributed by atoms with Gasteiger partial charge < -0.3 is 10.6 Å². The lowest BCUT2D eigenvalue weighted by atomic mass is 9.95.